The van der Waals surface area contributed by atoms with Gasteiger partial charge in [0, 0.05) is 26.7 Å². The molecule has 1 aromatic carbocycles. The summed E-state index contributed by atoms with van der Waals surface area (Å²) < 4.78 is 0.269. The molecule has 2 aromatic rings. The summed E-state index contributed by atoms with van der Waals surface area (Å²) in [6.07, 6.45) is 2.10. The summed E-state index contributed by atoms with van der Waals surface area (Å²) >= 11 is 1.91. The van der Waals surface area contributed by atoms with Crippen LogP contribution in [0.4, 0.5) is 0 Å². The molecule has 0 radical (unpaired) electrons. The summed E-state index contributed by atoms with van der Waals surface area (Å²) in [5.41, 5.74) is 1.22. The predicted molar refractivity (Wildman–Crippen MR) is 63.9 cm³/mol. The summed E-state index contributed by atoms with van der Waals surface area (Å²) in [5.74, 6) is 0. The minimum Gasteiger partial charge on any atom is -0.360 e. The number of fused-ring (bicyclic) bond motifs is 1. The van der Waals surface area contributed by atoms with Crippen LogP contribution in [0.2, 0.25) is 0 Å². The van der Waals surface area contributed by atoms with Crippen LogP contribution in [0.1, 0.15) is 20.8 Å². The topological polar surface area (TPSA) is 15.8 Å². The molecule has 0 unspecified atom stereocenters. The molecule has 1 heterocycles. The van der Waals surface area contributed by atoms with Crippen LogP contribution in [0.25, 0.3) is 10.9 Å². The van der Waals surface area contributed by atoms with Gasteiger partial charge in [-0.25, -0.2) is 0 Å². The Hall–Kier alpha value is -0.890. The van der Waals surface area contributed by atoms with Crippen LogP contribution < -0.4 is 0 Å². The van der Waals surface area contributed by atoms with E-state index < -0.39 is 0 Å². The molecule has 1 nitrogen and oxygen atoms in total. The number of para-hydroxylation sites is 1. The molecule has 14 heavy (non-hydrogen) atoms. The molecule has 0 spiro atoms. The van der Waals surface area contributed by atoms with E-state index in [2.05, 4.69) is 56.2 Å². The van der Waals surface area contributed by atoms with Crippen LogP contribution >= 0.6 is 11.8 Å². The molecule has 0 aliphatic carbocycles. The molecular formula is C12H15NS. The molecule has 1 N–H and O–H groups in total. The summed E-state index contributed by atoms with van der Waals surface area (Å²) in [6, 6.07) is 8.43. The van der Waals surface area contributed by atoms with Crippen LogP contribution in [0.3, 0.4) is 0 Å². The fraction of sp³-hybridized carbons (Fsp3) is 0.333. The van der Waals surface area contributed by atoms with Crippen molar-refractivity contribution in [3.8, 4) is 0 Å². The van der Waals surface area contributed by atoms with Gasteiger partial charge in [-0.1, -0.05) is 39.0 Å². The second-order valence-corrected chi connectivity index (χ2v) is 6.28. The molecule has 0 saturated heterocycles. The minimum atomic E-state index is 0.269. The van der Waals surface area contributed by atoms with Crippen molar-refractivity contribution in [2.24, 2.45) is 0 Å². The van der Waals surface area contributed by atoms with Crippen molar-refractivity contribution in [3.63, 3.8) is 0 Å². The quantitative estimate of drug-likeness (QED) is 0.694. The van der Waals surface area contributed by atoms with E-state index in [1.165, 1.54) is 15.8 Å². The van der Waals surface area contributed by atoms with Crippen LogP contribution in [0.5, 0.6) is 0 Å². The van der Waals surface area contributed by atoms with Crippen molar-refractivity contribution >= 4 is 22.7 Å². The third kappa shape index (κ3) is 1.95. The zero-order chi connectivity index (χ0) is 10.2. The average Bonchev–Trinajstić information content (AvgIpc) is 2.47. The molecule has 0 atom stereocenters. The summed E-state index contributed by atoms with van der Waals surface area (Å²) in [4.78, 5) is 4.63. The number of rotatable bonds is 1. The first-order valence-electron chi connectivity index (χ1n) is 4.81. The Balaban J connectivity index is 2.44. The third-order valence-corrected chi connectivity index (χ3v) is 3.14. The minimum absolute atomic E-state index is 0.269. The zero-order valence-corrected chi connectivity index (χ0v) is 9.61. The van der Waals surface area contributed by atoms with Gasteiger partial charge in [0.1, 0.15) is 0 Å². The smallest absolute Gasteiger partial charge is 0.0465 e. The Bertz CT molecular complexity index is 437. The molecule has 2 rings (SSSR count). The molecule has 0 aliphatic heterocycles. The van der Waals surface area contributed by atoms with E-state index in [-0.39, 0.29) is 4.75 Å². The molecule has 0 aliphatic rings. The number of nitrogens with one attached hydrogen (secondary N) is 1. The molecular weight excluding hydrogens is 190 g/mol. The highest BCUT2D eigenvalue weighted by Gasteiger charge is 2.14. The number of thioether (sulfide) groups is 1. The SMILES string of the molecule is CC(C)(C)Sc1c[nH]c2ccccc12. The molecule has 2 heteroatoms. The maximum absolute atomic E-state index is 3.29. The number of benzene rings is 1. The first kappa shape index (κ1) is 9.66. The monoisotopic (exact) mass is 205 g/mol. The van der Waals surface area contributed by atoms with Gasteiger partial charge in [-0.2, -0.15) is 0 Å². The van der Waals surface area contributed by atoms with Crippen LogP contribution in [-0.4, -0.2) is 9.73 Å². The fourth-order valence-electron chi connectivity index (χ4n) is 1.46. The van der Waals surface area contributed by atoms with E-state index in [9.17, 15) is 0 Å². The van der Waals surface area contributed by atoms with E-state index in [0.29, 0.717) is 0 Å². The Morgan fingerprint density at radius 2 is 1.86 bits per heavy atom. The van der Waals surface area contributed by atoms with E-state index in [0.717, 1.165) is 0 Å². The molecule has 74 valence electrons. The van der Waals surface area contributed by atoms with E-state index in [1.807, 2.05) is 11.8 Å². The lowest BCUT2D eigenvalue weighted by atomic mass is 10.2. The first-order valence-corrected chi connectivity index (χ1v) is 5.63. The highest BCUT2D eigenvalue weighted by molar-refractivity contribution is 8.00. The zero-order valence-electron chi connectivity index (χ0n) is 8.79. The second kappa shape index (κ2) is 3.35. The van der Waals surface area contributed by atoms with Gasteiger partial charge < -0.3 is 4.98 Å². The lowest BCUT2D eigenvalue weighted by Gasteiger charge is -2.16. The molecule has 0 bridgehead atoms. The van der Waals surface area contributed by atoms with Gasteiger partial charge >= 0.3 is 0 Å². The van der Waals surface area contributed by atoms with Crippen molar-refractivity contribution in [2.75, 3.05) is 0 Å². The number of aromatic nitrogens is 1. The Morgan fingerprint density at radius 1 is 1.14 bits per heavy atom. The third-order valence-electron chi connectivity index (χ3n) is 1.97. The first-order chi connectivity index (χ1) is 6.56. The highest BCUT2D eigenvalue weighted by Crippen LogP contribution is 2.36. The lowest BCUT2D eigenvalue weighted by Crippen LogP contribution is -2.06. The number of hydrogen-bond acceptors (Lipinski definition) is 1. The molecule has 0 saturated carbocycles. The Labute approximate surface area is 88.9 Å². The number of H-pyrrole nitrogens is 1. The van der Waals surface area contributed by atoms with Crippen molar-refractivity contribution < 1.29 is 0 Å². The average molecular weight is 205 g/mol. The maximum Gasteiger partial charge on any atom is 0.0465 e. The van der Waals surface area contributed by atoms with Gasteiger partial charge in [0.15, 0.2) is 0 Å². The number of hydrogen-bond donors (Lipinski definition) is 1. The van der Waals surface area contributed by atoms with Crippen molar-refractivity contribution in [3.05, 3.63) is 30.5 Å². The Kier molecular flexibility index (Phi) is 2.31. The van der Waals surface area contributed by atoms with E-state index in [1.54, 1.807) is 0 Å². The largest absolute Gasteiger partial charge is 0.360 e. The normalized spacial score (nSPS) is 12.2. The van der Waals surface area contributed by atoms with Gasteiger partial charge in [0.05, 0.1) is 0 Å². The second-order valence-electron chi connectivity index (χ2n) is 4.41. The maximum atomic E-state index is 3.29. The Morgan fingerprint density at radius 3 is 2.57 bits per heavy atom. The van der Waals surface area contributed by atoms with Gasteiger partial charge in [-0.05, 0) is 6.07 Å². The molecule has 0 amide bonds. The van der Waals surface area contributed by atoms with E-state index in [4.69, 9.17) is 0 Å². The van der Waals surface area contributed by atoms with Gasteiger partial charge in [0.2, 0.25) is 0 Å². The lowest BCUT2D eigenvalue weighted by molar-refractivity contribution is 0.803. The van der Waals surface area contributed by atoms with Crippen LogP contribution in [0.15, 0.2) is 35.4 Å². The van der Waals surface area contributed by atoms with Crippen molar-refractivity contribution in [1.82, 2.24) is 4.98 Å². The van der Waals surface area contributed by atoms with Crippen molar-refractivity contribution in [2.45, 2.75) is 30.4 Å². The summed E-state index contributed by atoms with van der Waals surface area (Å²) in [7, 11) is 0. The molecule has 1 aromatic heterocycles. The number of aromatic amines is 1. The predicted octanol–water partition coefficient (Wildman–Crippen LogP) is 4.06. The van der Waals surface area contributed by atoms with Crippen LogP contribution in [0, 0.1) is 0 Å². The fourth-order valence-corrected chi connectivity index (χ4v) is 2.52. The summed E-state index contributed by atoms with van der Waals surface area (Å²) in [5, 5.41) is 1.33. The standard InChI is InChI=1S/C12H15NS/c1-12(2,3)14-11-8-13-10-7-5-4-6-9(10)11/h4-8,13H,1-3H3. The summed E-state index contributed by atoms with van der Waals surface area (Å²) in [6.45, 7) is 6.71. The van der Waals surface area contributed by atoms with Gasteiger partial charge in [-0.3, -0.25) is 0 Å². The van der Waals surface area contributed by atoms with Crippen LogP contribution in [-0.2, 0) is 0 Å². The van der Waals surface area contributed by atoms with Gasteiger partial charge in [0.25, 0.3) is 0 Å². The highest BCUT2D eigenvalue weighted by atomic mass is 32.2. The van der Waals surface area contributed by atoms with Gasteiger partial charge in [-0.15, -0.1) is 11.8 Å². The van der Waals surface area contributed by atoms with Crippen molar-refractivity contribution in [1.29, 1.82) is 0 Å². The molecule has 0 fully saturated rings. The van der Waals surface area contributed by atoms with E-state index >= 15 is 0 Å².